The molecule has 1 unspecified atom stereocenters. The second-order valence-corrected chi connectivity index (χ2v) is 9.83. The van der Waals surface area contributed by atoms with Gasteiger partial charge in [0, 0.05) is 39.3 Å². The average Bonchev–Trinajstić information content (AvgIpc) is 2.90. The highest BCUT2D eigenvalue weighted by atomic mass is 35.5. The van der Waals surface area contributed by atoms with E-state index in [1.165, 1.54) is 18.2 Å². The number of aliphatic hydroxyl groups is 1. The molecule has 0 radical (unpaired) electrons. The van der Waals surface area contributed by atoms with Crippen molar-refractivity contribution in [3.8, 4) is 0 Å². The Kier molecular flexibility index (Phi) is 6.13. The van der Waals surface area contributed by atoms with Crippen molar-refractivity contribution in [2.45, 2.75) is 30.7 Å². The monoisotopic (exact) mass is 515 g/mol. The summed E-state index contributed by atoms with van der Waals surface area (Å²) in [4.78, 5) is 28.7. The number of hydrogen-bond donors (Lipinski definition) is 2. The molecule has 3 N–H and O–H groups in total. The normalized spacial score (nSPS) is 24.4. The molecule has 1 aliphatic heterocycles. The van der Waals surface area contributed by atoms with E-state index in [4.69, 9.17) is 28.9 Å². The van der Waals surface area contributed by atoms with Gasteiger partial charge in [0.15, 0.2) is 5.60 Å². The lowest BCUT2D eigenvalue weighted by atomic mass is 9.79. The molecule has 0 aromatic heterocycles. The van der Waals surface area contributed by atoms with E-state index in [1.54, 1.807) is 0 Å². The smallest absolute Gasteiger partial charge is 0.372 e. The van der Waals surface area contributed by atoms with Crippen molar-refractivity contribution in [2.75, 3.05) is 25.5 Å². The lowest BCUT2D eigenvalue weighted by Crippen LogP contribution is -2.48. The quantitative estimate of drug-likeness (QED) is 0.629. The fourth-order valence-corrected chi connectivity index (χ4v) is 5.29. The molecule has 4 rings (SSSR count). The van der Waals surface area contributed by atoms with Gasteiger partial charge < -0.3 is 20.6 Å². The highest BCUT2D eigenvalue weighted by molar-refractivity contribution is 6.35. The SMILES string of the molecule is CN(C)[C@H]1C[C@@H](CN2C(=O)C(O)(c3ccc(Cl)cc3Cl)c3c2cc(C(N)=O)cc3C(F)(F)F)C1. The van der Waals surface area contributed by atoms with E-state index in [9.17, 15) is 27.9 Å². The Bertz CT molecular complexity index is 1180. The van der Waals surface area contributed by atoms with Gasteiger partial charge in [-0.15, -0.1) is 0 Å². The topological polar surface area (TPSA) is 86.9 Å². The summed E-state index contributed by atoms with van der Waals surface area (Å²) >= 11 is 12.2. The van der Waals surface area contributed by atoms with Gasteiger partial charge >= 0.3 is 6.18 Å². The van der Waals surface area contributed by atoms with Crippen molar-refractivity contribution in [3.05, 3.63) is 62.6 Å². The van der Waals surface area contributed by atoms with Gasteiger partial charge in [-0.25, -0.2) is 0 Å². The van der Waals surface area contributed by atoms with Gasteiger partial charge in [0.25, 0.3) is 5.91 Å². The number of fused-ring (bicyclic) bond motifs is 1. The van der Waals surface area contributed by atoms with E-state index in [0.717, 1.165) is 23.8 Å². The lowest BCUT2D eigenvalue weighted by Gasteiger charge is -2.41. The summed E-state index contributed by atoms with van der Waals surface area (Å²) < 4.78 is 42.6. The number of anilines is 1. The Balaban J connectivity index is 1.93. The largest absolute Gasteiger partial charge is 0.416 e. The minimum Gasteiger partial charge on any atom is -0.372 e. The predicted molar refractivity (Wildman–Crippen MR) is 122 cm³/mol. The van der Waals surface area contributed by atoms with E-state index in [-0.39, 0.29) is 39.8 Å². The molecule has 182 valence electrons. The number of rotatable bonds is 5. The van der Waals surface area contributed by atoms with Crippen molar-refractivity contribution < 1.29 is 27.9 Å². The number of carbonyl (C=O) groups is 2. The van der Waals surface area contributed by atoms with Crippen LogP contribution in [-0.2, 0) is 16.6 Å². The van der Waals surface area contributed by atoms with E-state index in [2.05, 4.69) is 0 Å². The minimum atomic E-state index is -4.99. The molecule has 1 heterocycles. The van der Waals surface area contributed by atoms with Crippen molar-refractivity contribution in [1.29, 1.82) is 0 Å². The summed E-state index contributed by atoms with van der Waals surface area (Å²) in [6.07, 6.45) is -3.53. The molecule has 11 heteroatoms. The zero-order valence-corrected chi connectivity index (χ0v) is 19.8. The van der Waals surface area contributed by atoms with E-state index in [1.807, 2.05) is 19.0 Å². The van der Waals surface area contributed by atoms with Crippen molar-refractivity contribution >= 4 is 40.7 Å². The lowest BCUT2D eigenvalue weighted by molar-refractivity contribution is -0.142. The predicted octanol–water partition coefficient (Wildman–Crippen LogP) is 4.03. The van der Waals surface area contributed by atoms with Crippen LogP contribution in [0.15, 0.2) is 30.3 Å². The molecular formula is C23H22Cl2F3N3O3. The third kappa shape index (κ3) is 3.94. The fraction of sp³-hybridized carbons (Fsp3) is 0.391. The number of primary amides is 1. The number of alkyl halides is 3. The van der Waals surface area contributed by atoms with Gasteiger partial charge in [0.2, 0.25) is 5.91 Å². The van der Waals surface area contributed by atoms with Gasteiger partial charge in [-0.1, -0.05) is 29.3 Å². The molecule has 1 aliphatic carbocycles. The maximum absolute atomic E-state index is 14.2. The van der Waals surface area contributed by atoms with Crippen LogP contribution in [0, 0.1) is 5.92 Å². The zero-order valence-electron chi connectivity index (χ0n) is 18.3. The second kappa shape index (κ2) is 8.41. The van der Waals surface area contributed by atoms with Crippen molar-refractivity contribution in [3.63, 3.8) is 0 Å². The molecular weight excluding hydrogens is 494 g/mol. The van der Waals surface area contributed by atoms with Crippen molar-refractivity contribution in [1.82, 2.24) is 4.90 Å². The summed E-state index contributed by atoms with van der Waals surface area (Å²) in [7, 11) is 3.85. The molecule has 6 nitrogen and oxygen atoms in total. The van der Waals surface area contributed by atoms with Gasteiger partial charge in [-0.2, -0.15) is 13.2 Å². The van der Waals surface area contributed by atoms with Gasteiger partial charge in [-0.3, -0.25) is 9.59 Å². The van der Waals surface area contributed by atoms with Crippen LogP contribution in [0.3, 0.4) is 0 Å². The summed E-state index contributed by atoms with van der Waals surface area (Å²) in [5, 5.41) is 11.7. The Morgan fingerprint density at radius 2 is 1.88 bits per heavy atom. The maximum Gasteiger partial charge on any atom is 0.416 e. The third-order valence-corrected chi connectivity index (χ3v) is 7.17. The number of carbonyl (C=O) groups excluding carboxylic acids is 2. The zero-order chi connectivity index (χ0) is 25.2. The first-order valence-electron chi connectivity index (χ1n) is 10.5. The molecule has 0 saturated heterocycles. The van der Waals surface area contributed by atoms with Crippen LogP contribution in [-0.4, -0.2) is 48.5 Å². The molecule has 1 fully saturated rings. The highest BCUT2D eigenvalue weighted by Gasteiger charge is 2.57. The standard InChI is InChI=1S/C23H22Cl2F3N3O3/c1-30(2)14-5-11(6-14)10-31-18-8-12(20(29)32)7-16(23(26,27)28)19(18)22(34,21(31)33)15-4-3-13(24)9-17(15)25/h3-4,7-9,11,14,34H,5-6,10H2,1-2H3,(H2,29,32)/t11-,14+,22?. The van der Waals surface area contributed by atoms with Crippen LogP contribution < -0.4 is 10.6 Å². The fourth-order valence-electron chi connectivity index (χ4n) is 4.74. The van der Waals surface area contributed by atoms with Crippen LogP contribution in [0.1, 0.15) is 39.9 Å². The van der Waals surface area contributed by atoms with Crippen LogP contribution >= 0.6 is 23.2 Å². The summed E-state index contributed by atoms with van der Waals surface area (Å²) in [6, 6.07) is 5.75. The van der Waals surface area contributed by atoms with Gasteiger partial charge in [0.05, 0.1) is 11.3 Å². The van der Waals surface area contributed by atoms with E-state index in [0.29, 0.717) is 6.07 Å². The maximum atomic E-state index is 14.2. The number of hydrogen-bond acceptors (Lipinski definition) is 4. The number of halogens is 5. The summed E-state index contributed by atoms with van der Waals surface area (Å²) in [6.45, 7) is 0.0726. The minimum absolute atomic E-state index is 0.00110. The first kappa shape index (κ1) is 24.8. The first-order chi connectivity index (χ1) is 15.7. The third-order valence-electron chi connectivity index (χ3n) is 6.62. The number of benzene rings is 2. The number of nitrogens with zero attached hydrogens (tertiary/aromatic N) is 2. The highest BCUT2D eigenvalue weighted by Crippen LogP contribution is 2.52. The van der Waals surface area contributed by atoms with Crippen molar-refractivity contribution in [2.24, 2.45) is 11.7 Å². The van der Waals surface area contributed by atoms with Crippen LogP contribution in [0.5, 0.6) is 0 Å². The molecule has 2 aromatic carbocycles. The van der Waals surface area contributed by atoms with Crippen LogP contribution in [0.2, 0.25) is 10.0 Å². The van der Waals surface area contributed by atoms with E-state index < -0.39 is 40.3 Å². The van der Waals surface area contributed by atoms with Crippen LogP contribution in [0.4, 0.5) is 18.9 Å². The molecule has 1 atom stereocenters. The molecule has 0 spiro atoms. The molecule has 2 aliphatic rings. The number of nitrogens with two attached hydrogens (primary N) is 1. The average molecular weight is 516 g/mol. The van der Waals surface area contributed by atoms with Crippen LogP contribution in [0.25, 0.3) is 0 Å². The van der Waals surface area contributed by atoms with Gasteiger partial charge in [-0.05, 0) is 57.1 Å². The molecule has 1 saturated carbocycles. The molecule has 2 amide bonds. The molecule has 2 aromatic rings. The summed E-state index contributed by atoms with van der Waals surface area (Å²) in [5.74, 6) is -2.07. The second-order valence-electron chi connectivity index (χ2n) is 8.99. The Morgan fingerprint density at radius 1 is 1.24 bits per heavy atom. The molecule has 0 bridgehead atoms. The Morgan fingerprint density at radius 3 is 2.41 bits per heavy atom. The Hall–Kier alpha value is -2.33. The summed E-state index contributed by atoms with van der Waals surface area (Å²) in [5.41, 5.74) is -0.312. The Labute approximate surface area is 204 Å². The van der Waals surface area contributed by atoms with Gasteiger partial charge in [0.1, 0.15) is 0 Å². The number of amides is 2. The first-order valence-corrected chi connectivity index (χ1v) is 11.2. The van der Waals surface area contributed by atoms with E-state index >= 15 is 0 Å². The molecule has 34 heavy (non-hydrogen) atoms.